The fourth-order valence-corrected chi connectivity index (χ4v) is 1.87. The summed E-state index contributed by atoms with van der Waals surface area (Å²) in [4.78, 5) is 0. The molecule has 78 valence electrons. The van der Waals surface area contributed by atoms with Crippen molar-refractivity contribution < 1.29 is 0 Å². The Labute approximate surface area is 83.6 Å². The largest absolute Gasteiger partial charge is 0.319 e. The van der Waals surface area contributed by atoms with Gasteiger partial charge in [-0.1, -0.05) is 39.7 Å². The fraction of sp³-hybridized carbons (Fsp3) is 0.833. The smallest absolute Gasteiger partial charge is 0.00368 e. The molecule has 1 unspecified atom stereocenters. The lowest BCUT2D eigenvalue weighted by molar-refractivity contribution is 0.287. The summed E-state index contributed by atoms with van der Waals surface area (Å²) in [5, 5.41) is 3.24. The van der Waals surface area contributed by atoms with Gasteiger partial charge in [-0.3, -0.25) is 0 Å². The predicted molar refractivity (Wildman–Crippen MR) is 60.9 cm³/mol. The van der Waals surface area contributed by atoms with E-state index in [-0.39, 0.29) is 5.41 Å². The Kier molecular flexibility index (Phi) is 6.06. The second kappa shape index (κ2) is 6.20. The lowest BCUT2D eigenvalue weighted by atomic mass is 9.79. The fourth-order valence-electron chi connectivity index (χ4n) is 1.87. The lowest BCUT2D eigenvalue weighted by Crippen LogP contribution is -2.29. The lowest BCUT2D eigenvalue weighted by Gasteiger charge is -2.29. The van der Waals surface area contributed by atoms with E-state index in [4.69, 9.17) is 0 Å². The van der Waals surface area contributed by atoms with Crippen molar-refractivity contribution in [3.8, 4) is 0 Å². The maximum Gasteiger partial charge on any atom is 0.00368 e. The van der Waals surface area contributed by atoms with Gasteiger partial charge >= 0.3 is 0 Å². The molecule has 0 saturated heterocycles. The molecule has 1 N–H and O–H groups in total. The Morgan fingerprint density at radius 3 is 2.23 bits per heavy atom. The third-order valence-corrected chi connectivity index (χ3v) is 2.98. The number of rotatable bonds is 7. The number of hydrogen-bond donors (Lipinski definition) is 1. The van der Waals surface area contributed by atoms with Crippen molar-refractivity contribution in [2.75, 3.05) is 13.6 Å². The molecule has 1 nitrogen and oxygen atoms in total. The van der Waals surface area contributed by atoms with Crippen LogP contribution in [0, 0.1) is 11.3 Å². The van der Waals surface area contributed by atoms with Crippen LogP contribution in [0.5, 0.6) is 0 Å². The molecule has 1 heteroatoms. The van der Waals surface area contributed by atoms with E-state index in [2.05, 4.69) is 38.7 Å². The van der Waals surface area contributed by atoms with Gasteiger partial charge in [-0.25, -0.2) is 0 Å². The highest BCUT2D eigenvalue weighted by Crippen LogP contribution is 2.29. The van der Waals surface area contributed by atoms with Crippen molar-refractivity contribution in [1.29, 1.82) is 0 Å². The van der Waals surface area contributed by atoms with Crippen molar-refractivity contribution in [2.45, 2.75) is 40.0 Å². The van der Waals surface area contributed by atoms with Crippen molar-refractivity contribution in [3.63, 3.8) is 0 Å². The Morgan fingerprint density at radius 2 is 1.92 bits per heavy atom. The predicted octanol–water partition coefficient (Wildman–Crippen LogP) is 3.22. The molecule has 0 radical (unpaired) electrons. The van der Waals surface area contributed by atoms with E-state index in [1.165, 1.54) is 19.3 Å². The monoisotopic (exact) mass is 183 g/mol. The molecule has 0 saturated carbocycles. The molecule has 0 amide bonds. The van der Waals surface area contributed by atoms with Crippen LogP contribution in [0.3, 0.4) is 0 Å². The molecule has 0 aliphatic rings. The van der Waals surface area contributed by atoms with Crippen molar-refractivity contribution >= 4 is 0 Å². The molecule has 0 aliphatic heterocycles. The minimum absolute atomic E-state index is 0.269. The summed E-state index contributed by atoms with van der Waals surface area (Å²) in [5.74, 6) is 0.844. The van der Waals surface area contributed by atoms with E-state index in [0.717, 1.165) is 12.5 Å². The molecule has 13 heavy (non-hydrogen) atoms. The Morgan fingerprint density at radius 1 is 1.38 bits per heavy atom. The average molecular weight is 183 g/mol. The van der Waals surface area contributed by atoms with E-state index in [9.17, 15) is 0 Å². The van der Waals surface area contributed by atoms with E-state index < -0.39 is 0 Å². The van der Waals surface area contributed by atoms with E-state index in [1.54, 1.807) is 0 Å². The minimum Gasteiger partial charge on any atom is -0.319 e. The normalized spacial score (nSPS) is 15.8. The summed E-state index contributed by atoms with van der Waals surface area (Å²) in [6.07, 6.45) is 5.92. The second-order valence-corrected chi connectivity index (χ2v) is 4.28. The van der Waals surface area contributed by atoms with Crippen LogP contribution in [0.15, 0.2) is 12.7 Å². The van der Waals surface area contributed by atoms with Crippen LogP contribution in [-0.4, -0.2) is 13.6 Å². The summed E-state index contributed by atoms with van der Waals surface area (Å²) < 4.78 is 0. The third-order valence-electron chi connectivity index (χ3n) is 2.98. The zero-order chi connectivity index (χ0) is 10.3. The Balaban J connectivity index is 4.15. The molecule has 0 aromatic heterocycles. The van der Waals surface area contributed by atoms with Crippen LogP contribution in [0.2, 0.25) is 0 Å². The van der Waals surface area contributed by atoms with Crippen LogP contribution in [0.25, 0.3) is 0 Å². The van der Waals surface area contributed by atoms with Gasteiger partial charge in [-0.15, -0.1) is 6.58 Å². The van der Waals surface area contributed by atoms with Gasteiger partial charge in [-0.05, 0) is 24.8 Å². The zero-order valence-corrected chi connectivity index (χ0v) is 9.69. The van der Waals surface area contributed by atoms with Gasteiger partial charge < -0.3 is 5.32 Å². The first-order chi connectivity index (χ1) is 6.11. The highest BCUT2D eigenvalue weighted by atomic mass is 14.8. The standard InChI is InChI=1S/C12H25N/c1-6-11(7-2)9-12(4,8-3)10-13-5/h8,11,13H,3,6-7,9-10H2,1-2,4-5H3. The summed E-state index contributed by atoms with van der Waals surface area (Å²) in [6.45, 7) is 11.8. The van der Waals surface area contributed by atoms with Crippen LogP contribution >= 0.6 is 0 Å². The first kappa shape index (κ1) is 12.7. The number of hydrogen-bond acceptors (Lipinski definition) is 1. The molecule has 0 aromatic carbocycles. The van der Waals surface area contributed by atoms with Gasteiger partial charge in [0.1, 0.15) is 0 Å². The molecule has 0 aliphatic carbocycles. The molecule has 1 atom stereocenters. The molecule has 0 heterocycles. The molecule has 0 fully saturated rings. The van der Waals surface area contributed by atoms with Gasteiger partial charge in [0.25, 0.3) is 0 Å². The average Bonchev–Trinajstić information content (AvgIpc) is 2.15. The van der Waals surface area contributed by atoms with E-state index in [0.29, 0.717) is 0 Å². The first-order valence-corrected chi connectivity index (χ1v) is 5.40. The molecular weight excluding hydrogens is 158 g/mol. The van der Waals surface area contributed by atoms with E-state index in [1.807, 2.05) is 7.05 Å². The third kappa shape index (κ3) is 4.47. The van der Waals surface area contributed by atoms with Gasteiger partial charge in [0.05, 0.1) is 0 Å². The maximum atomic E-state index is 3.93. The Hall–Kier alpha value is -0.300. The quantitative estimate of drug-likeness (QED) is 0.598. The highest BCUT2D eigenvalue weighted by molar-refractivity contribution is 4.93. The van der Waals surface area contributed by atoms with Gasteiger partial charge in [0.2, 0.25) is 0 Å². The van der Waals surface area contributed by atoms with Crippen LogP contribution in [0.1, 0.15) is 40.0 Å². The minimum atomic E-state index is 0.269. The summed E-state index contributed by atoms with van der Waals surface area (Å²) in [5.41, 5.74) is 0.269. The highest BCUT2D eigenvalue weighted by Gasteiger charge is 2.22. The summed E-state index contributed by atoms with van der Waals surface area (Å²) in [6, 6.07) is 0. The van der Waals surface area contributed by atoms with Crippen LogP contribution < -0.4 is 5.32 Å². The number of nitrogens with one attached hydrogen (secondary N) is 1. The van der Waals surface area contributed by atoms with Gasteiger partial charge in [0, 0.05) is 6.54 Å². The van der Waals surface area contributed by atoms with Crippen molar-refractivity contribution in [2.24, 2.45) is 11.3 Å². The zero-order valence-electron chi connectivity index (χ0n) is 9.69. The van der Waals surface area contributed by atoms with Crippen molar-refractivity contribution in [3.05, 3.63) is 12.7 Å². The maximum absolute atomic E-state index is 3.93. The van der Waals surface area contributed by atoms with Crippen LogP contribution in [-0.2, 0) is 0 Å². The topological polar surface area (TPSA) is 12.0 Å². The molecule has 0 aromatic rings. The molecule has 0 spiro atoms. The molecular formula is C12H25N. The van der Waals surface area contributed by atoms with Gasteiger partial charge in [-0.2, -0.15) is 0 Å². The van der Waals surface area contributed by atoms with Crippen molar-refractivity contribution in [1.82, 2.24) is 5.32 Å². The SMILES string of the molecule is C=CC(C)(CNC)CC(CC)CC. The van der Waals surface area contributed by atoms with E-state index >= 15 is 0 Å². The van der Waals surface area contributed by atoms with Gasteiger partial charge in [0.15, 0.2) is 0 Å². The molecule has 0 rings (SSSR count). The second-order valence-electron chi connectivity index (χ2n) is 4.28. The Bertz CT molecular complexity index is 138. The molecule has 0 bridgehead atoms. The van der Waals surface area contributed by atoms with Crippen LogP contribution in [0.4, 0.5) is 0 Å². The summed E-state index contributed by atoms with van der Waals surface area (Å²) >= 11 is 0. The summed E-state index contributed by atoms with van der Waals surface area (Å²) in [7, 11) is 2.01. The first-order valence-electron chi connectivity index (χ1n) is 5.40.